The van der Waals surface area contributed by atoms with Crippen LogP contribution in [0, 0.1) is 0 Å². The number of carbonyl (C=O) groups excluding carboxylic acids is 3. The first kappa shape index (κ1) is 16.9. The molecule has 5 rings (SSSR count). The molecule has 1 aromatic heterocycles. The summed E-state index contributed by atoms with van der Waals surface area (Å²) >= 11 is 0. The fourth-order valence-electron chi connectivity index (χ4n) is 3.40. The topological polar surface area (TPSA) is 79.6 Å². The average Bonchev–Trinajstić information content (AvgIpc) is 3.29. The van der Waals surface area contributed by atoms with Crippen LogP contribution >= 0.6 is 0 Å². The van der Waals surface area contributed by atoms with E-state index in [9.17, 15) is 14.4 Å². The molecule has 0 saturated heterocycles. The number of nitrogens with zero attached hydrogens (tertiary/aromatic N) is 1. The second kappa shape index (κ2) is 6.45. The Balaban J connectivity index is 1.36. The van der Waals surface area contributed by atoms with Crippen molar-refractivity contribution in [1.82, 2.24) is 0 Å². The lowest BCUT2D eigenvalue weighted by Gasteiger charge is -2.14. The van der Waals surface area contributed by atoms with E-state index in [1.54, 1.807) is 60.7 Å². The monoisotopic (exact) mass is 382 g/mol. The van der Waals surface area contributed by atoms with E-state index in [2.05, 4.69) is 5.32 Å². The lowest BCUT2D eigenvalue weighted by atomic mass is 10.1. The van der Waals surface area contributed by atoms with Crippen LogP contribution in [0.2, 0.25) is 0 Å². The van der Waals surface area contributed by atoms with Crippen molar-refractivity contribution < 1.29 is 18.8 Å². The molecule has 140 valence electrons. The number of hydrogen-bond donors (Lipinski definition) is 1. The molecule has 1 aliphatic rings. The molecule has 1 aliphatic heterocycles. The molecule has 0 bridgehead atoms. The van der Waals surface area contributed by atoms with Gasteiger partial charge < -0.3 is 9.73 Å². The van der Waals surface area contributed by atoms with Crippen LogP contribution in [0.15, 0.2) is 83.3 Å². The Morgan fingerprint density at radius 2 is 1.41 bits per heavy atom. The van der Waals surface area contributed by atoms with Gasteiger partial charge in [0.05, 0.1) is 16.8 Å². The molecule has 0 saturated carbocycles. The van der Waals surface area contributed by atoms with Crippen molar-refractivity contribution in [3.8, 4) is 0 Å². The fraction of sp³-hybridized carbons (Fsp3) is 0. The number of furan rings is 1. The zero-order chi connectivity index (χ0) is 20.0. The van der Waals surface area contributed by atoms with Crippen molar-refractivity contribution in [2.45, 2.75) is 0 Å². The van der Waals surface area contributed by atoms with Crippen molar-refractivity contribution in [2.24, 2.45) is 0 Å². The molecule has 6 heteroatoms. The first-order chi connectivity index (χ1) is 14.1. The van der Waals surface area contributed by atoms with E-state index in [0.29, 0.717) is 28.1 Å². The van der Waals surface area contributed by atoms with Crippen molar-refractivity contribution in [1.29, 1.82) is 0 Å². The van der Waals surface area contributed by atoms with E-state index >= 15 is 0 Å². The molecule has 3 amide bonds. The number of imide groups is 1. The van der Waals surface area contributed by atoms with Crippen LogP contribution in [0.3, 0.4) is 0 Å². The predicted molar refractivity (Wildman–Crippen MR) is 108 cm³/mol. The number of anilines is 2. The Labute approximate surface area is 165 Å². The number of nitrogens with one attached hydrogen (secondary N) is 1. The smallest absolute Gasteiger partial charge is 0.291 e. The van der Waals surface area contributed by atoms with Gasteiger partial charge in [-0.05, 0) is 48.5 Å². The summed E-state index contributed by atoms with van der Waals surface area (Å²) in [6, 6.07) is 22.3. The largest absolute Gasteiger partial charge is 0.451 e. The molecule has 0 spiro atoms. The minimum atomic E-state index is -0.380. The molecular weight excluding hydrogens is 368 g/mol. The second-order valence-electron chi connectivity index (χ2n) is 6.64. The number of rotatable bonds is 3. The van der Waals surface area contributed by atoms with Gasteiger partial charge in [-0.2, -0.15) is 0 Å². The fourth-order valence-corrected chi connectivity index (χ4v) is 3.40. The van der Waals surface area contributed by atoms with Gasteiger partial charge in [-0.15, -0.1) is 0 Å². The summed E-state index contributed by atoms with van der Waals surface area (Å²) in [7, 11) is 0. The summed E-state index contributed by atoms with van der Waals surface area (Å²) in [5.41, 5.74) is 2.38. The third-order valence-corrected chi connectivity index (χ3v) is 4.83. The average molecular weight is 382 g/mol. The molecule has 0 fully saturated rings. The maximum atomic E-state index is 12.6. The zero-order valence-electron chi connectivity index (χ0n) is 15.1. The molecule has 0 atom stereocenters. The van der Waals surface area contributed by atoms with Gasteiger partial charge in [-0.1, -0.05) is 30.3 Å². The first-order valence-corrected chi connectivity index (χ1v) is 8.99. The molecule has 0 radical (unpaired) electrons. The van der Waals surface area contributed by atoms with Gasteiger partial charge in [0.1, 0.15) is 5.58 Å². The summed E-state index contributed by atoms with van der Waals surface area (Å²) in [4.78, 5) is 38.7. The van der Waals surface area contributed by atoms with Gasteiger partial charge in [0.15, 0.2) is 5.76 Å². The van der Waals surface area contributed by atoms with Gasteiger partial charge in [0.2, 0.25) is 0 Å². The molecule has 2 heterocycles. The van der Waals surface area contributed by atoms with Crippen molar-refractivity contribution >= 4 is 40.1 Å². The SMILES string of the molecule is O=C(Nc1ccc(N2C(=O)c3ccccc3C2=O)cc1)c1cc2ccccc2o1. The Kier molecular flexibility index (Phi) is 3.77. The quantitative estimate of drug-likeness (QED) is 0.530. The third kappa shape index (κ3) is 2.78. The van der Waals surface area contributed by atoms with Crippen molar-refractivity contribution in [3.05, 3.63) is 95.7 Å². The number of amides is 3. The van der Waals surface area contributed by atoms with E-state index in [4.69, 9.17) is 4.42 Å². The maximum absolute atomic E-state index is 12.6. The highest BCUT2D eigenvalue weighted by molar-refractivity contribution is 6.34. The van der Waals surface area contributed by atoms with Gasteiger partial charge in [0.25, 0.3) is 17.7 Å². The molecule has 0 unspecified atom stereocenters. The van der Waals surface area contributed by atoms with E-state index < -0.39 is 0 Å². The van der Waals surface area contributed by atoms with E-state index in [1.807, 2.05) is 18.2 Å². The Morgan fingerprint density at radius 3 is 2.07 bits per heavy atom. The standard InChI is InChI=1S/C23H14N2O4/c26-21(20-13-14-5-1-4-8-19(14)29-20)24-15-9-11-16(12-10-15)25-22(27)17-6-2-3-7-18(17)23(25)28/h1-13H,(H,24,26). The lowest BCUT2D eigenvalue weighted by Crippen LogP contribution is -2.29. The van der Waals surface area contributed by atoms with Gasteiger partial charge in [0, 0.05) is 11.1 Å². The molecule has 3 aromatic carbocycles. The number of carbonyl (C=O) groups is 3. The van der Waals surface area contributed by atoms with Crippen LogP contribution < -0.4 is 10.2 Å². The van der Waals surface area contributed by atoms with Crippen LogP contribution in [0.1, 0.15) is 31.3 Å². The van der Waals surface area contributed by atoms with Crippen molar-refractivity contribution in [2.75, 3.05) is 10.2 Å². The highest BCUT2D eigenvalue weighted by Gasteiger charge is 2.36. The lowest BCUT2D eigenvalue weighted by molar-refractivity contribution is 0.0924. The zero-order valence-corrected chi connectivity index (χ0v) is 15.1. The van der Waals surface area contributed by atoms with Crippen LogP contribution in [0.5, 0.6) is 0 Å². The summed E-state index contributed by atoms with van der Waals surface area (Å²) in [5.74, 6) is -0.889. The Bertz CT molecular complexity index is 1220. The highest BCUT2D eigenvalue weighted by Crippen LogP contribution is 2.29. The summed E-state index contributed by atoms with van der Waals surface area (Å²) < 4.78 is 5.56. The predicted octanol–water partition coefficient (Wildman–Crippen LogP) is 4.49. The van der Waals surface area contributed by atoms with Crippen LogP contribution in [0.25, 0.3) is 11.0 Å². The second-order valence-corrected chi connectivity index (χ2v) is 6.64. The highest BCUT2D eigenvalue weighted by atomic mass is 16.3. The number of benzene rings is 3. The van der Waals surface area contributed by atoms with Crippen LogP contribution in [-0.4, -0.2) is 17.7 Å². The Morgan fingerprint density at radius 1 is 0.793 bits per heavy atom. The van der Waals surface area contributed by atoms with E-state index in [0.717, 1.165) is 10.3 Å². The number of para-hydroxylation sites is 1. The molecule has 4 aromatic rings. The van der Waals surface area contributed by atoms with Crippen LogP contribution in [-0.2, 0) is 0 Å². The first-order valence-electron chi connectivity index (χ1n) is 8.99. The number of fused-ring (bicyclic) bond motifs is 2. The Hall–Kier alpha value is -4.19. The molecule has 1 N–H and O–H groups in total. The minimum absolute atomic E-state index is 0.204. The van der Waals surface area contributed by atoms with Gasteiger partial charge >= 0.3 is 0 Å². The minimum Gasteiger partial charge on any atom is -0.451 e. The maximum Gasteiger partial charge on any atom is 0.291 e. The number of hydrogen-bond acceptors (Lipinski definition) is 4. The van der Waals surface area contributed by atoms with Crippen LogP contribution in [0.4, 0.5) is 11.4 Å². The molecular formula is C23H14N2O4. The summed E-state index contributed by atoms with van der Waals surface area (Å²) in [5, 5.41) is 3.60. The molecule has 0 aliphatic carbocycles. The third-order valence-electron chi connectivity index (χ3n) is 4.83. The molecule has 6 nitrogen and oxygen atoms in total. The van der Waals surface area contributed by atoms with Crippen molar-refractivity contribution in [3.63, 3.8) is 0 Å². The van der Waals surface area contributed by atoms with Gasteiger partial charge in [-0.3, -0.25) is 14.4 Å². The normalized spacial score (nSPS) is 13.0. The summed E-state index contributed by atoms with van der Waals surface area (Å²) in [6.45, 7) is 0. The molecule has 29 heavy (non-hydrogen) atoms. The van der Waals surface area contributed by atoms with Gasteiger partial charge in [-0.25, -0.2) is 4.90 Å². The summed E-state index contributed by atoms with van der Waals surface area (Å²) in [6.07, 6.45) is 0. The van der Waals surface area contributed by atoms with E-state index in [1.165, 1.54) is 0 Å². The van der Waals surface area contributed by atoms with E-state index in [-0.39, 0.29) is 23.5 Å².